The summed E-state index contributed by atoms with van der Waals surface area (Å²) in [5.74, 6) is 0. The van der Waals surface area contributed by atoms with Crippen molar-refractivity contribution in [2.24, 2.45) is 0 Å². The second-order valence-corrected chi connectivity index (χ2v) is 2.89. The van der Waals surface area contributed by atoms with Crippen LogP contribution in [-0.4, -0.2) is 0 Å². The van der Waals surface area contributed by atoms with Gasteiger partial charge in [0.05, 0.1) is 22.5 Å². The molecular weight excluding hydrogens is 188 g/mol. The largest absolute Gasteiger partial charge is 0.395 e. The highest BCUT2D eigenvalue weighted by Crippen LogP contribution is 2.22. The molecule has 2 aromatic carbocycles. The van der Waals surface area contributed by atoms with Gasteiger partial charge in [-0.15, -0.1) is 0 Å². The molecule has 0 aliphatic rings. The zero-order valence-electron chi connectivity index (χ0n) is 6.79. The maximum atomic E-state index is 11.0. The predicted octanol–water partition coefficient (Wildman–Crippen LogP) is -2.29. The molecular formula is C8H4N2O4. The third kappa shape index (κ3) is 0.657. The molecule has 2 aromatic rings. The van der Waals surface area contributed by atoms with Gasteiger partial charge < -0.3 is 11.5 Å². The Balaban J connectivity index is 2.78. The van der Waals surface area contributed by atoms with E-state index in [1.54, 1.807) is 0 Å². The maximum Gasteiger partial charge on any atom is 0.249 e. The number of hydrogen-bond acceptors (Lipinski definition) is 6. The lowest BCUT2D eigenvalue weighted by Gasteiger charge is -2.09. The van der Waals surface area contributed by atoms with E-state index in [4.69, 9.17) is 11.5 Å². The molecule has 0 radical (unpaired) electrons. The number of nitrogens with two attached hydrogens (primary N) is 2. The summed E-state index contributed by atoms with van der Waals surface area (Å²) in [4.78, 5) is 43.4. The van der Waals surface area contributed by atoms with Crippen molar-refractivity contribution in [1.29, 1.82) is 0 Å². The average molecular weight is 192 g/mol. The molecule has 0 heterocycles. The van der Waals surface area contributed by atoms with Gasteiger partial charge in [0.25, 0.3) is 0 Å². The molecule has 4 N–H and O–H groups in total. The monoisotopic (exact) mass is 192 g/mol. The summed E-state index contributed by atoms with van der Waals surface area (Å²) in [5, 5.41) is 0. The van der Waals surface area contributed by atoms with Gasteiger partial charge in [-0.05, 0) is 0 Å². The zero-order chi connectivity index (χ0) is 10.6. The molecule has 0 aliphatic heterocycles. The van der Waals surface area contributed by atoms with Crippen molar-refractivity contribution in [3.05, 3.63) is 40.9 Å². The Morgan fingerprint density at radius 1 is 0.571 bits per heavy atom. The Bertz CT molecular complexity index is 620. The summed E-state index contributed by atoms with van der Waals surface area (Å²) in [5.41, 5.74) is 5.97. The van der Waals surface area contributed by atoms with Crippen molar-refractivity contribution in [2.75, 3.05) is 11.5 Å². The van der Waals surface area contributed by atoms with E-state index in [-0.39, 0.29) is 22.5 Å². The van der Waals surface area contributed by atoms with Gasteiger partial charge in [-0.3, -0.25) is 19.2 Å². The fourth-order valence-electron chi connectivity index (χ4n) is 1.31. The summed E-state index contributed by atoms with van der Waals surface area (Å²) in [6.07, 6.45) is 0. The second-order valence-electron chi connectivity index (χ2n) is 2.89. The average Bonchev–Trinajstić information content (AvgIpc) is 2.22. The van der Waals surface area contributed by atoms with Gasteiger partial charge in [0.2, 0.25) is 21.7 Å². The molecule has 0 saturated carbocycles. The van der Waals surface area contributed by atoms with Crippen molar-refractivity contribution >= 4 is 11.4 Å². The van der Waals surface area contributed by atoms with Crippen molar-refractivity contribution in [1.82, 2.24) is 0 Å². The van der Waals surface area contributed by atoms with Gasteiger partial charge >= 0.3 is 0 Å². The molecule has 70 valence electrons. The quantitative estimate of drug-likeness (QED) is 0.490. The number of rotatable bonds is 1. The highest BCUT2D eigenvalue weighted by Gasteiger charge is 2.29. The van der Waals surface area contributed by atoms with Crippen LogP contribution in [0.4, 0.5) is 11.4 Å². The molecule has 0 bridgehead atoms. The molecule has 0 aromatic heterocycles. The first-order valence-corrected chi connectivity index (χ1v) is 3.64. The molecule has 0 spiro atoms. The summed E-state index contributed by atoms with van der Waals surface area (Å²) in [6, 6.07) is 0. The number of hydrogen-bond donors (Lipinski definition) is 2. The molecule has 2 rings (SSSR count). The van der Waals surface area contributed by atoms with Crippen LogP contribution < -0.4 is 33.2 Å². The van der Waals surface area contributed by atoms with Gasteiger partial charge in [0.1, 0.15) is 0 Å². The van der Waals surface area contributed by atoms with E-state index >= 15 is 0 Å². The molecule has 0 aliphatic carbocycles. The van der Waals surface area contributed by atoms with Crippen molar-refractivity contribution in [3.63, 3.8) is 0 Å². The highest BCUT2D eigenvalue weighted by atomic mass is 16.2. The van der Waals surface area contributed by atoms with Crippen LogP contribution in [-0.2, 0) is 0 Å². The van der Waals surface area contributed by atoms with E-state index in [1.165, 1.54) is 0 Å². The molecule has 0 unspecified atom stereocenters. The van der Waals surface area contributed by atoms with Gasteiger partial charge in [-0.25, -0.2) is 0 Å². The fourth-order valence-corrected chi connectivity index (χ4v) is 1.31. The molecule has 0 fully saturated rings. The van der Waals surface area contributed by atoms with Gasteiger partial charge in [0.15, 0.2) is 0 Å². The second kappa shape index (κ2) is 2.16. The minimum Gasteiger partial charge on any atom is -0.395 e. The van der Waals surface area contributed by atoms with E-state index in [0.717, 1.165) is 0 Å². The van der Waals surface area contributed by atoms with Crippen molar-refractivity contribution in [3.8, 4) is 11.1 Å². The first kappa shape index (κ1) is 8.36. The molecule has 0 amide bonds. The normalized spacial score (nSPS) is 11.1. The lowest BCUT2D eigenvalue weighted by molar-refractivity contribution is 1.35. The summed E-state index contributed by atoms with van der Waals surface area (Å²) >= 11 is 0. The molecule has 0 atom stereocenters. The number of nitrogen functional groups attached to an aromatic ring is 2. The lowest BCUT2D eigenvalue weighted by Crippen LogP contribution is -2.43. The van der Waals surface area contributed by atoms with E-state index in [1.807, 2.05) is 0 Å². The van der Waals surface area contributed by atoms with Gasteiger partial charge in [0, 0.05) is 0 Å². The number of anilines is 2. The van der Waals surface area contributed by atoms with Crippen LogP contribution in [0.2, 0.25) is 0 Å². The van der Waals surface area contributed by atoms with Crippen molar-refractivity contribution in [2.45, 2.75) is 0 Å². The minimum atomic E-state index is -0.860. The Morgan fingerprint density at radius 2 is 0.857 bits per heavy atom. The van der Waals surface area contributed by atoms with E-state index in [0.29, 0.717) is 0 Å². The Kier molecular flexibility index (Phi) is 1.29. The van der Waals surface area contributed by atoms with E-state index < -0.39 is 21.7 Å². The SMILES string of the molecule is Nc1c(-c2c(N)c(=O)c2=O)c(=O)c1=O. The smallest absolute Gasteiger partial charge is 0.249 e. The van der Waals surface area contributed by atoms with Crippen LogP contribution in [0.25, 0.3) is 11.1 Å². The van der Waals surface area contributed by atoms with Gasteiger partial charge in [-0.2, -0.15) is 0 Å². The van der Waals surface area contributed by atoms with E-state index in [2.05, 4.69) is 0 Å². The lowest BCUT2D eigenvalue weighted by atomic mass is 9.94. The topological polar surface area (TPSA) is 120 Å². The Hall–Kier alpha value is -2.24. The molecule has 14 heavy (non-hydrogen) atoms. The van der Waals surface area contributed by atoms with Crippen LogP contribution in [0.5, 0.6) is 0 Å². The van der Waals surface area contributed by atoms with Crippen LogP contribution in [0.3, 0.4) is 0 Å². The Morgan fingerprint density at radius 3 is 1.07 bits per heavy atom. The summed E-state index contributed by atoms with van der Waals surface area (Å²) in [7, 11) is 0. The summed E-state index contributed by atoms with van der Waals surface area (Å²) < 4.78 is 0. The predicted molar refractivity (Wildman–Crippen MR) is 50.5 cm³/mol. The third-order valence-electron chi connectivity index (χ3n) is 2.14. The van der Waals surface area contributed by atoms with Crippen LogP contribution in [0.15, 0.2) is 19.2 Å². The van der Waals surface area contributed by atoms with Crippen LogP contribution in [0.1, 0.15) is 0 Å². The van der Waals surface area contributed by atoms with Crippen LogP contribution in [0, 0.1) is 0 Å². The molecule has 0 saturated heterocycles. The van der Waals surface area contributed by atoms with Gasteiger partial charge in [-0.1, -0.05) is 0 Å². The Labute approximate surface area is 75.8 Å². The highest BCUT2D eigenvalue weighted by molar-refractivity contribution is 5.89. The first-order chi connectivity index (χ1) is 6.46. The maximum absolute atomic E-state index is 11.0. The first-order valence-electron chi connectivity index (χ1n) is 3.64. The summed E-state index contributed by atoms with van der Waals surface area (Å²) in [6.45, 7) is 0. The van der Waals surface area contributed by atoms with Crippen molar-refractivity contribution < 1.29 is 0 Å². The molecule has 6 heteroatoms. The molecule has 6 nitrogen and oxygen atoms in total. The van der Waals surface area contributed by atoms with E-state index in [9.17, 15) is 19.2 Å². The fraction of sp³-hybridized carbons (Fsp3) is 0. The van der Waals surface area contributed by atoms with Crippen LogP contribution >= 0.6 is 0 Å². The third-order valence-corrected chi connectivity index (χ3v) is 2.14. The minimum absolute atomic E-state index is 0.211. The standard InChI is InChI=1S/C8H4N2O4/c9-3-1(5(11)7(3)13)2-4(10)8(14)6(2)12/h9-10H2. The zero-order valence-corrected chi connectivity index (χ0v) is 6.79.